The van der Waals surface area contributed by atoms with Crippen molar-refractivity contribution >= 4 is 40.7 Å². The van der Waals surface area contributed by atoms with Crippen LogP contribution in [-0.2, 0) is 4.79 Å². The number of pyridine rings is 1. The molecule has 3 aromatic heterocycles. The Morgan fingerprint density at radius 3 is 2.75 bits per heavy atom. The molecule has 0 aromatic carbocycles. The number of likely N-dealkylation sites (tertiary alicyclic amines) is 1. The van der Waals surface area contributed by atoms with Crippen LogP contribution in [0.15, 0.2) is 49.1 Å². The van der Waals surface area contributed by atoms with E-state index in [2.05, 4.69) is 20.7 Å². The number of nitrogens with one attached hydrogen (secondary N) is 2. The van der Waals surface area contributed by atoms with Crippen LogP contribution < -0.4 is 10.6 Å². The predicted octanol–water partition coefficient (Wildman–Crippen LogP) is 3.44. The Bertz CT molecular complexity index is 1310. The summed E-state index contributed by atoms with van der Waals surface area (Å²) < 4.78 is 2.14. The summed E-state index contributed by atoms with van der Waals surface area (Å²) in [7, 11) is 0. The fraction of sp³-hybridized carbons (Fsp3) is 0.400. The third-order valence-corrected chi connectivity index (χ3v) is 8.30. The molecule has 3 amide bonds. The van der Waals surface area contributed by atoms with Crippen LogP contribution in [0.1, 0.15) is 59.6 Å². The van der Waals surface area contributed by atoms with E-state index in [-0.39, 0.29) is 23.8 Å². The first kappa shape index (κ1) is 24.5. The summed E-state index contributed by atoms with van der Waals surface area (Å²) >= 11 is 7.11. The van der Waals surface area contributed by atoms with Gasteiger partial charge in [0, 0.05) is 18.9 Å². The normalized spacial score (nSPS) is 21.3. The molecule has 1 aliphatic heterocycles. The van der Waals surface area contributed by atoms with Crippen LogP contribution in [0, 0.1) is 0 Å². The van der Waals surface area contributed by atoms with E-state index < -0.39 is 11.1 Å². The Morgan fingerprint density at radius 1 is 1.19 bits per heavy atom. The molecular formula is C25H27ClN6O3S. The smallest absolute Gasteiger partial charge is 0.262 e. The summed E-state index contributed by atoms with van der Waals surface area (Å²) in [5.74, 6) is -0.722. The van der Waals surface area contributed by atoms with Gasteiger partial charge >= 0.3 is 0 Å². The van der Waals surface area contributed by atoms with Gasteiger partial charge in [-0.15, -0.1) is 11.3 Å². The lowest BCUT2D eigenvalue weighted by Crippen LogP contribution is -2.62. The highest BCUT2D eigenvalue weighted by atomic mass is 35.5. The fourth-order valence-corrected chi connectivity index (χ4v) is 6.12. The molecule has 0 spiro atoms. The van der Waals surface area contributed by atoms with Crippen LogP contribution in [0.3, 0.4) is 0 Å². The average Bonchev–Trinajstić information content (AvgIpc) is 3.63. The third-order valence-electron chi connectivity index (χ3n) is 7.07. The van der Waals surface area contributed by atoms with E-state index >= 15 is 0 Å². The molecule has 1 saturated heterocycles. The highest BCUT2D eigenvalue weighted by Crippen LogP contribution is 2.42. The second kappa shape index (κ2) is 9.33. The Morgan fingerprint density at radius 2 is 2.03 bits per heavy atom. The molecule has 2 fully saturated rings. The molecule has 9 nitrogen and oxygen atoms in total. The molecule has 4 heterocycles. The number of amides is 3. The summed E-state index contributed by atoms with van der Waals surface area (Å²) in [6.07, 6.45) is 9.81. The third kappa shape index (κ3) is 4.51. The minimum Gasteiger partial charge on any atom is -0.346 e. The van der Waals surface area contributed by atoms with Gasteiger partial charge in [0.25, 0.3) is 11.8 Å². The monoisotopic (exact) mass is 526 g/mol. The molecule has 3 aromatic rings. The van der Waals surface area contributed by atoms with Gasteiger partial charge in [0.2, 0.25) is 5.91 Å². The van der Waals surface area contributed by atoms with Gasteiger partial charge in [-0.2, -0.15) is 5.10 Å². The lowest BCUT2D eigenvalue weighted by Gasteiger charge is -2.36. The van der Waals surface area contributed by atoms with Crippen molar-refractivity contribution in [3.63, 3.8) is 0 Å². The van der Waals surface area contributed by atoms with Crippen LogP contribution >= 0.6 is 22.9 Å². The first-order chi connectivity index (χ1) is 17.2. The highest BCUT2D eigenvalue weighted by molar-refractivity contribution is 7.18. The molecule has 0 unspecified atom stereocenters. The Kier molecular flexibility index (Phi) is 6.34. The van der Waals surface area contributed by atoms with Crippen LogP contribution in [0.25, 0.3) is 5.69 Å². The molecule has 188 valence electrons. The molecular weight excluding hydrogens is 500 g/mol. The molecule has 11 heteroatoms. The van der Waals surface area contributed by atoms with Crippen molar-refractivity contribution in [3.8, 4) is 5.69 Å². The van der Waals surface area contributed by atoms with Crippen molar-refractivity contribution in [1.29, 1.82) is 0 Å². The number of fused-ring (bicyclic) bond motifs is 1. The molecule has 5 rings (SSSR count). The van der Waals surface area contributed by atoms with E-state index in [0.717, 1.165) is 36.3 Å². The summed E-state index contributed by atoms with van der Waals surface area (Å²) in [4.78, 5) is 45.9. The topological polar surface area (TPSA) is 109 Å². The van der Waals surface area contributed by atoms with Gasteiger partial charge in [0.15, 0.2) is 0 Å². The zero-order chi connectivity index (χ0) is 25.5. The molecule has 36 heavy (non-hydrogen) atoms. The van der Waals surface area contributed by atoms with Crippen molar-refractivity contribution in [2.75, 3.05) is 6.54 Å². The number of carbonyl (C=O) groups excluding carboxylic acids is 3. The Balaban J connectivity index is 1.28. The highest BCUT2D eigenvalue weighted by Gasteiger charge is 2.54. The number of rotatable bonds is 6. The number of hydrogen-bond donors (Lipinski definition) is 2. The van der Waals surface area contributed by atoms with Gasteiger partial charge < -0.3 is 15.5 Å². The SMILES string of the molecule is CC(C)(NC(=O)c1ccc(Cl)s1)C(=O)N[C@]12CCC[C@@H]1N(C(=O)c1cnn(-c3cccnc3)c1)CC2. The van der Waals surface area contributed by atoms with Crippen molar-refractivity contribution in [3.05, 3.63) is 63.8 Å². The maximum Gasteiger partial charge on any atom is 0.262 e. The number of carbonyl (C=O) groups is 3. The maximum atomic E-state index is 13.4. The van der Waals surface area contributed by atoms with Crippen LogP contribution in [-0.4, -0.2) is 61.1 Å². The zero-order valence-corrected chi connectivity index (χ0v) is 21.6. The fourth-order valence-electron chi connectivity index (χ4n) is 5.18. The van der Waals surface area contributed by atoms with E-state index in [0.29, 0.717) is 27.7 Å². The molecule has 0 bridgehead atoms. The summed E-state index contributed by atoms with van der Waals surface area (Å²) in [6, 6.07) is 6.86. The number of hydrogen-bond acceptors (Lipinski definition) is 6. The lowest BCUT2D eigenvalue weighted by molar-refractivity contribution is -0.128. The quantitative estimate of drug-likeness (QED) is 0.511. The van der Waals surface area contributed by atoms with E-state index in [9.17, 15) is 14.4 Å². The standard InChI is InChI=1S/C25H27ClN6O3S/c1-24(2,29-21(33)18-7-8-20(26)36-18)23(35)30-25-9-3-6-19(25)31(12-10-25)22(34)16-13-28-32(15-16)17-5-4-11-27-14-17/h4-5,7-8,11,13-15,19H,3,6,9-10,12H2,1-2H3,(H,29,33)(H,30,35)/t19-,25-/m0/s1. The van der Waals surface area contributed by atoms with Gasteiger partial charge in [-0.05, 0) is 63.8 Å². The minimum absolute atomic E-state index is 0.102. The summed E-state index contributed by atoms with van der Waals surface area (Å²) in [6.45, 7) is 3.91. The Hall–Kier alpha value is -3.24. The first-order valence-electron chi connectivity index (χ1n) is 11.9. The number of nitrogens with zero attached hydrogens (tertiary/aromatic N) is 4. The molecule has 2 N–H and O–H groups in total. The lowest BCUT2D eigenvalue weighted by atomic mass is 9.91. The van der Waals surface area contributed by atoms with Crippen LogP contribution in [0.5, 0.6) is 0 Å². The second-order valence-electron chi connectivity index (χ2n) is 9.83. The van der Waals surface area contributed by atoms with Crippen LogP contribution in [0.4, 0.5) is 0 Å². The molecule has 1 saturated carbocycles. The number of aromatic nitrogens is 3. The zero-order valence-electron chi connectivity index (χ0n) is 20.0. The van der Waals surface area contributed by atoms with Gasteiger partial charge in [0.1, 0.15) is 5.54 Å². The van der Waals surface area contributed by atoms with Crippen molar-refractivity contribution in [1.82, 2.24) is 30.3 Å². The van der Waals surface area contributed by atoms with E-state index in [1.165, 1.54) is 0 Å². The van der Waals surface area contributed by atoms with Gasteiger partial charge in [-0.3, -0.25) is 19.4 Å². The summed E-state index contributed by atoms with van der Waals surface area (Å²) in [5, 5.41) is 10.4. The minimum atomic E-state index is -1.14. The van der Waals surface area contributed by atoms with Gasteiger partial charge in [0.05, 0.1) is 44.4 Å². The molecule has 2 aliphatic rings. The number of halogens is 1. The second-order valence-corrected chi connectivity index (χ2v) is 11.5. The number of thiophene rings is 1. The van der Waals surface area contributed by atoms with Crippen molar-refractivity contribution in [2.24, 2.45) is 0 Å². The van der Waals surface area contributed by atoms with Crippen LogP contribution in [0.2, 0.25) is 4.34 Å². The van der Waals surface area contributed by atoms with E-state index in [4.69, 9.17) is 11.6 Å². The predicted molar refractivity (Wildman–Crippen MR) is 136 cm³/mol. The molecule has 2 atom stereocenters. The maximum absolute atomic E-state index is 13.4. The van der Waals surface area contributed by atoms with Gasteiger partial charge in [-0.25, -0.2) is 4.68 Å². The van der Waals surface area contributed by atoms with E-state index in [1.807, 2.05) is 17.0 Å². The van der Waals surface area contributed by atoms with Gasteiger partial charge in [-0.1, -0.05) is 11.6 Å². The van der Waals surface area contributed by atoms with Crippen molar-refractivity contribution in [2.45, 2.75) is 56.7 Å². The van der Waals surface area contributed by atoms with E-state index in [1.54, 1.807) is 55.4 Å². The average molecular weight is 527 g/mol. The summed E-state index contributed by atoms with van der Waals surface area (Å²) in [5.41, 5.74) is -0.387. The largest absolute Gasteiger partial charge is 0.346 e. The Labute approximate surface area is 217 Å². The van der Waals surface area contributed by atoms with Crippen molar-refractivity contribution < 1.29 is 14.4 Å². The first-order valence-corrected chi connectivity index (χ1v) is 13.0. The molecule has 0 radical (unpaired) electrons. The molecule has 1 aliphatic carbocycles.